The van der Waals surface area contributed by atoms with Gasteiger partial charge in [0.25, 0.3) is 5.56 Å². The molecule has 7 heteroatoms. The van der Waals surface area contributed by atoms with E-state index in [2.05, 4.69) is 55.3 Å². The first-order chi connectivity index (χ1) is 13.5. The Balaban J connectivity index is 1.39. The average Bonchev–Trinajstić information content (AvgIpc) is 2.70. The summed E-state index contributed by atoms with van der Waals surface area (Å²) in [7, 11) is 0. The van der Waals surface area contributed by atoms with Gasteiger partial charge < -0.3 is 14.8 Å². The van der Waals surface area contributed by atoms with Gasteiger partial charge in [0.15, 0.2) is 0 Å². The predicted octanol–water partition coefficient (Wildman–Crippen LogP) is 2.33. The van der Waals surface area contributed by atoms with Crippen molar-refractivity contribution in [2.45, 2.75) is 25.9 Å². The van der Waals surface area contributed by atoms with E-state index >= 15 is 0 Å². The van der Waals surface area contributed by atoms with Gasteiger partial charge in [-0.2, -0.15) is 0 Å². The topological polar surface area (TPSA) is 57.6 Å². The van der Waals surface area contributed by atoms with Crippen molar-refractivity contribution in [2.24, 2.45) is 0 Å². The van der Waals surface area contributed by atoms with Crippen molar-refractivity contribution in [2.75, 3.05) is 37.6 Å². The molecule has 1 atom stereocenters. The van der Waals surface area contributed by atoms with Crippen molar-refractivity contribution in [3.8, 4) is 0 Å². The van der Waals surface area contributed by atoms with E-state index in [1.54, 1.807) is 12.3 Å². The summed E-state index contributed by atoms with van der Waals surface area (Å²) in [6.45, 7) is 7.13. The molecule has 6 nitrogen and oxygen atoms in total. The number of aromatic nitrogens is 1. The molecule has 3 rings (SSSR count). The standard InChI is InChI=1S/C21H27BrN4O2/c1-17(23-20(27)16-26-15-18(22)7-8-21(26)28)9-10-24-11-13-25(14-12-24)19-5-3-2-4-6-19/h2-8,15,17H,9-14,16H2,1H3,(H,23,27)/t17-/m1/s1. The molecule has 0 spiro atoms. The summed E-state index contributed by atoms with van der Waals surface area (Å²) in [5.74, 6) is -0.137. The summed E-state index contributed by atoms with van der Waals surface area (Å²) >= 11 is 3.32. The van der Waals surface area contributed by atoms with Gasteiger partial charge in [-0.3, -0.25) is 14.5 Å². The lowest BCUT2D eigenvalue weighted by Crippen LogP contribution is -2.47. The molecule has 1 aromatic carbocycles. The lowest BCUT2D eigenvalue weighted by Gasteiger charge is -2.36. The van der Waals surface area contributed by atoms with Gasteiger partial charge in [0.2, 0.25) is 5.91 Å². The van der Waals surface area contributed by atoms with Crippen LogP contribution in [0.1, 0.15) is 13.3 Å². The highest BCUT2D eigenvalue weighted by Gasteiger charge is 2.18. The van der Waals surface area contributed by atoms with Gasteiger partial charge >= 0.3 is 0 Å². The monoisotopic (exact) mass is 446 g/mol. The zero-order valence-electron chi connectivity index (χ0n) is 16.2. The van der Waals surface area contributed by atoms with Gasteiger partial charge in [-0.15, -0.1) is 0 Å². The highest BCUT2D eigenvalue weighted by atomic mass is 79.9. The second-order valence-electron chi connectivity index (χ2n) is 7.23. The van der Waals surface area contributed by atoms with Crippen molar-refractivity contribution in [3.63, 3.8) is 0 Å². The number of piperazine rings is 1. The van der Waals surface area contributed by atoms with E-state index in [1.807, 2.05) is 13.0 Å². The van der Waals surface area contributed by atoms with E-state index in [4.69, 9.17) is 0 Å². The van der Waals surface area contributed by atoms with E-state index in [1.165, 1.54) is 16.3 Å². The van der Waals surface area contributed by atoms with Crippen LogP contribution in [-0.2, 0) is 11.3 Å². The second kappa shape index (κ2) is 9.89. The maximum absolute atomic E-state index is 12.2. The van der Waals surface area contributed by atoms with E-state index in [0.717, 1.165) is 43.6 Å². The largest absolute Gasteiger partial charge is 0.369 e. The van der Waals surface area contributed by atoms with Crippen LogP contribution >= 0.6 is 15.9 Å². The number of hydrogen-bond donors (Lipinski definition) is 1. The van der Waals surface area contributed by atoms with Crippen LogP contribution in [0.2, 0.25) is 0 Å². The first kappa shape index (κ1) is 20.6. The Labute approximate surface area is 174 Å². The fourth-order valence-corrected chi connectivity index (χ4v) is 3.80. The Hall–Kier alpha value is -2.12. The molecule has 150 valence electrons. The molecule has 28 heavy (non-hydrogen) atoms. The maximum atomic E-state index is 12.2. The van der Waals surface area contributed by atoms with Crippen LogP contribution in [0.25, 0.3) is 0 Å². The number of para-hydroxylation sites is 1. The Kier molecular flexibility index (Phi) is 7.28. The third-order valence-corrected chi connectivity index (χ3v) is 5.51. The van der Waals surface area contributed by atoms with Gasteiger partial charge in [0.1, 0.15) is 6.54 Å². The summed E-state index contributed by atoms with van der Waals surface area (Å²) < 4.78 is 2.19. The Morgan fingerprint density at radius 1 is 1.11 bits per heavy atom. The molecule has 0 aliphatic carbocycles. The summed E-state index contributed by atoms with van der Waals surface area (Å²) in [4.78, 5) is 28.9. The maximum Gasteiger partial charge on any atom is 0.251 e. The number of anilines is 1. The summed E-state index contributed by atoms with van der Waals surface area (Å²) in [5, 5.41) is 3.00. The molecule has 2 heterocycles. The smallest absolute Gasteiger partial charge is 0.251 e. The minimum Gasteiger partial charge on any atom is -0.369 e. The van der Waals surface area contributed by atoms with E-state index in [9.17, 15) is 9.59 Å². The minimum absolute atomic E-state index is 0.0400. The Morgan fingerprint density at radius 2 is 1.82 bits per heavy atom. The van der Waals surface area contributed by atoms with Gasteiger partial charge in [0.05, 0.1) is 0 Å². The lowest BCUT2D eigenvalue weighted by atomic mass is 10.2. The molecular weight excluding hydrogens is 420 g/mol. The number of amides is 1. The summed E-state index contributed by atoms with van der Waals surface area (Å²) in [5.41, 5.74) is 1.10. The molecule has 1 saturated heterocycles. The molecular formula is C21H27BrN4O2. The molecule has 1 aliphatic rings. The van der Waals surface area contributed by atoms with Crippen LogP contribution in [0.3, 0.4) is 0 Å². The van der Waals surface area contributed by atoms with Crippen LogP contribution in [0, 0.1) is 0 Å². The van der Waals surface area contributed by atoms with Crippen molar-refractivity contribution < 1.29 is 4.79 Å². The van der Waals surface area contributed by atoms with Crippen molar-refractivity contribution in [3.05, 3.63) is 63.5 Å². The molecule has 0 radical (unpaired) electrons. The summed E-state index contributed by atoms with van der Waals surface area (Å²) in [6.07, 6.45) is 2.53. The second-order valence-corrected chi connectivity index (χ2v) is 8.15. The van der Waals surface area contributed by atoms with Crippen LogP contribution in [0.5, 0.6) is 0 Å². The molecule has 1 fully saturated rings. The minimum atomic E-state index is -0.178. The quantitative estimate of drug-likeness (QED) is 0.708. The van der Waals surface area contributed by atoms with Crippen LogP contribution in [0.4, 0.5) is 5.69 Å². The number of nitrogens with one attached hydrogen (secondary N) is 1. The zero-order chi connectivity index (χ0) is 19.9. The van der Waals surface area contributed by atoms with Crippen molar-refractivity contribution in [1.29, 1.82) is 0 Å². The first-order valence-corrected chi connectivity index (χ1v) is 10.5. The Morgan fingerprint density at radius 3 is 2.54 bits per heavy atom. The number of pyridine rings is 1. The van der Waals surface area contributed by atoms with E-state index < -0.39 is 0 Å². The molecule has 1 amide bonds. The van der Waals surface area contributed by atoms with Crippen molar-refractivity contribution in [1.82, 2.24) is 14.8 Å². The third-order valence-electron chi connectivity index (χ3n) is 5.04. The SMILES string of the molecule is C[C@H](CCN1CCN(c2ccccc2)CC1)NC(=O)Cn1cc(Br)ccc1=O. The molecule has 0 unspecified atom stereocenters. The molecule has 1 N–H and O–H groups in total. The highest BCUT2D eigenvalue weighted by Crippen LogP contribution is 2.15. The number of carbonyl (C=O) groups excluding carboxylic acids is 1. The molecule has 0 saturated carbocycles. The highest BCUT2D eigenvalue weighted by molar-refractivity contribution is 9.10. The van der Waals surface area contributed by atoms with Crippen LogP contribution in [-0.4, -0.2) is 54.1 Å². The number of hydrogen-bond acceptors (Lipinski definition) is 4. The lowest BCUT2D eigenvalue weighted by molar-refractivity contribution is -0.122. The average molecular weight is 447 g/mol. The molecule has 0 bridgehead atoms. The zero-order valence-corrected chi connectivity index (χ0v) is 17.8. The first-order valence-electron chi connectivity index (χ1n) is 9.69. The molecule has 2 aromatic rings. The number of rotatable bonds is 7. The molecule has 1 aliphatic heterocycles. The predicted molar refractivity (Wildman–Crippen MR) is 116 cm³/mol. The van der Waals surface area contributed by atoms with Gasteiger partial charge in [-0.05, 0) is 47.5 Å². The van der Waals surface area contributed by atoms with Crippen LogP contribution in [0.15, 0.2) is 57.9 Å². The van der Waals surface area contributed by atoms with E-state index in [0.29, 0.717) is 0 Å². The fourth-order valence-electron chi connectivity index (χ4n) is 3.42. The fraction of sp³-hybridized carbons (Fsp3) is 0.429. The van der Waals surface area contributed by atoms with E-state index in [-0.39, 0.29) is 24.1 Å². The van der Waals surface area contributed by atoms with Gasteiger partial charge in [-0.1, -0.05) is 18.2 Å². The number of nitrogens with zero attached hydrogens (tertiary/aromatic N) is 3. The summed E-state index contributed by atoms with van der Waals surface area (Å²) in [6, 6.07) is 13.7. The van der Waals surface area contributed by atoms with Gasteiger partial charge in [-0.25, -0.2) is 0 Å². The van der Waals surface area contributed by atoms with Crippen LogP contribution < -0.4 is 15.8 Å². The third kappa shape index (κ3) is 5.94. The molecule has 1 aromatic heterocycles. The Bertz CT molecular complexity index is 832. The van der Waals surface area contributed by atoms with Crippen molar-refractivity contribution >= 4 is 27.5 Å². The normalized spacial score (nSPS) is 16.0. The van der Waals surface area contributed by atoms with Gasteiger partial charge in [0, 0.05) is 61.2 Å². The number of carbonyl (C=O) groups is 1. The number of halogens is 1. The number of benzene rings is 1.